The molecule has 0 atom stereocenters. The number of hydrogen-bond donors (Lipinski definition) is 1. The smallest absolute Gasteiger partial charge is 0.260 e. The molecule has 0 spiro atoms. The van der Waals surface area contributed by atoms with Crippen LogP contribution in [0.25, 0.3) is 0 Å². The van der Waals surface area contributed by atoms with Gasteiger partial charge in [0.1, 0.15) is 11.5 Å². The van der Waals surface area contributed by atoms with Crippen LogP contribution in [-0.4, -0.2) is 67.6 Å². The third kappa shape index (κ3) is 6.50. The minimum absolute atomic E-state index is 0.00246. The van der Waals surface area contributed by atoms with E-state index in [-0.39, 0.29) is 18.4 Å². The topological polar surface area (TPSA) is 71.1 Å². The van der Waals surface area contributed by atoms with E-state index in [1.54, 1.807) is 17.0 Å². The van der Waals surface area contributed by atoms with Crippen molar-refractivity contribution in [3.63, 3.8) is 0 Å². The number of anilines is 1. The van der Waals surface area contributed by atoms with E-state index in [1.807, 2.05) is 49.4 Å². The van der Waals surface area contributed by atoms with E-state index in [9.17, 15) is 9.59 Å². The predicted molar refractivity (Wildman–Crippen MR) is 111 cm³/mol. The number of piperazine rings is 1. The quantitative estimate of drug-likeness (QED) is 0.740. The third-order valence-corrected chi connectivity index (χ3v) is 4.65. The van der Waals surface area contributed by atoms with Gasteiger partial charge in [-0.2, -0.15) is 0 Å². The Morgan fingerprint density at radius 2 is 1.52 bits per heavy atom. The first-order valence-electron chi connectivity index (χ1n) is 9.84. The Hall–Kier alpha value is -3.06. The molecule has 154 valence electrons. The zero-order valence-corrected chi connectivity index (χ0v) is 16.7. The second kappa shape index (κ2) is 10.5. The molecule has 1 saturated heterocycles. The highest BCUT2D eigenvalue weighted by Crippen LogP contribution is 2.17. The lowest BCUT2D eigenvalue weighted by Gasteiger charge is -2.34. The standard InChI is InChI=1S/C22H27N3O4/c1-2-28-19-8-10-20(11-9-19)29-17-22(27)25-14-12-24(13-15-25)16-21(26)23-18-6-4-3-5-7-18/h3-11H,2,12-17H2,1H3,(H,23,26). The molecule has 1 aliphatic heterocycles. The first kappa shape index (κ1) is 20.7. The molecule has 0 radical (unpaired) electrons. The number of nitrogens with zero attached hydrogens (tertiary/aromatic N) is 2. The number of rotatable bonds is 8. The summed E-state index contributed by atoms with van der Waals surface area (Å²) in [7, 11) is 0. The van der Waals surface area contributed by atoms with Gasteiger partial charge in [-0.3, -0.25) is 14.5 Å². The highest BCUT2D eigenvalue weighted by Gasteiger charge is 2.22. The van der Waals surface area contributed by atoms with Gasteiger partial charge in [0.15, 0.2) is 6.61 Å². The monoisotopic (exact) mass is 397 g/mol. The molecule has 2 aromatic rings. The Labute approximate surface area is 171 Å². The lowest BCUT2D eigenvalue weighted by molar-refractivity contribution is -0.135. The van der Waals surface area contributed by atoms with Crippen molar-refractivity contribution < 1.29 is 19.1 Å². The van der Waals surface area contributed by atoms with Gasteiger partial charge in [-0.15, -0.1) is 0 Å². The summed E-state index contributed by atoms with van der Waals surface area (Å²) in [5, 5.41) is 2.88. The van der Waals surface area contributed by atoms with Crippen LogP contribution in [0, 0.1) is 0 Å². The molecule has 0 aromatic heterocycles. The summed E-state index contributed by atoms with van der Waals surface area (Å²) in [4.78, 5) is 28.4. The fourth-order valence-corrected chi connectivity index (χ4v) is 3.12. The summed E-state index contributed by atoms with van der Waals surface area (Å²) >= 11 is 0. The zero-order chi connectivity index (χ0) is 20.5. The van der Waals surface area contributed by atoms with Crippen molar-refractivity contribution in [1.82, 2.24) is 9.80 Å². The average molecular weight is 397 g/mol. The number of carbonyl (C=O) groups excluding carboxylic acids is 2. The molecule has 7 heteroatoms. The van der Waals surface area contributed by atoms with Gasteiger partial charge in [-0.1, -0.05) is 18.2 Å². The normalized spacial score (nSPS) is 14.3. The number of carbonyl (C=O) groups is 2. The molecule has 1 aliphatic rings. The van der Waals surface area contributed by atoms with E-state index in [0.717, 1.165) is 11.4 Å². The second-order valence-electron chi connectivity index (χ2n) is 6.76. The van der Waals surface area contributed by atoms with Gasteiger partial charge in [-0.05, 0) is 43.3 Å². The molecule has 3 rings (SSSR count). The van der Waals surface area contributed by atoms with E-state index in [1.165, 1.54) is 0 Å². The van der Waals surface area contributed by atoms with Crippen LogP contribution in [0.1, 0.15) is 6.92 Å². The Bertz CT molecular complexity index is 787. The summed E-state index contributed by atoms with van der Waals surface area (Å²) in [5.74, 6) is 1.32. The molecule has 0 unspecified atom stereocenters. The van der Waals surface area contributed by atoms with Crippen molar-refractivity contribution in [2.24, 2.45) is 0 Å². The molecule has 2 aromatic carbocycles. The zero-order valence-electron chi connectivity index (χ0n) is 16.7. The first-order valence-corrected chi connectivity index (χ1v) is 9.84. The highest BCUT2D eigenvalue weighted by molar-refractivity contribution is 5.92. The van der Waals surface area contributed by atoms with Crippen molar-refractivity contribution in [2.75, 3.05) is 51.3 Å². The molecule has 0 bridgehead atoms. The first-order chi connectivity index (χ1) is 14.1. The fourth-order valence-electron chi connectivity index (χ4n) is 3.12. The van der Waals surface area contributed by atoms with Crippen LogP contribution in [0.3, 0.4) is 0 Å². The molecule has 0 saturated carbocycles. The van der Waals surface area contributed by atoms with E-state index < -0.39 is 0 Å². The van der Waals surface area contributed by atoms with Gasteiger partial charge in [0.2, 0.25) is 5.91 Å². The van der Waals surface area contributed by atoms with Gasteiger partial charge in [0, 0.05) is 31.9 Å². The summed E-state index contributed by atoms with van der Waals surface area (Å²) < 4.78 is 11.0. The van der Waals surface area contributed by atoms with Crippen LogP contribution in [-0.2, 0) is 9.59 Å². The summed E-state index contributed by atoms with van der Waals surface area (Å²) in [6.45, 7) is 5.36. The van der Waals surface area contributed by atoms with E-state index >= 15 is 0 Å². The maximum atomic E-state index is 12.4. The second-order valence-corrected chi connectivity index (χ2v) is 6.76. The van der Waals surface area contributed by atoms with Gasteiger partial charge in [0.05, 0.1) is 13.2 Å². The number of para-hydroxylation sites is 1. The molecule has 1 heterocycles. The number of nitrogens with one attached hydrogen (secondary N) is 1. The van der Waals surface area contributed by atoms with Gasteiger partial charge >= 0.3 is 0 Å². The van der Waals surface area contributed by atoms with Crippen LogP contribution in [0.4, 0.5) is 5.69 Å². The van der Waals surface area contributed by atoms with Crippen molar-refractivity contribution in [3.8, 4) is 11.5 Å². The predicted octanol–water partition coefficient (Wildman–Crippen LogP) is 2.25. The Morgan fingerprint density at radius 1 is 0.897 bits per heavy atom. The molecule has 7 nitrogen and oxygen atoms in total. The summed E-state index contributed by atoms with van der Waals surface area (Å²) in [5.41, 5.74) is 0.790. The SMILES string of the molecule is CCOc1ccc(OCC(=O)N2CCN(CC(=O)Nc3ccccc3)CC2)cc1. The Morgan fingerprint density at radius 3 is 2.14 bits per heavy atom. The van der Waals surface area contributed by atoms with Crippen LogP contribution in [0.15, 0.2) is 54.6 Å². The number of ether oxygens (including phenoxy) is 2. The minimum atomic E-state index is -0.0488. The average Bonchev–Trinajstić information content (AvgIpc) is 2.74. The molecule has 2 amide bonds. The van der Waals surface area contributed by atoms with Crippen LogP contribution < -0.4 is 14.8 Å². The number of benzene rings is 2. The molecule has 0 aliphatic carbocycles. The summed E-state index contributed by atoms with van der Waals surface area (Å²) in [6.07, 6.45) is 0. The van der Waals surface area contributed by atoms with Gasteiger partial charge < -0.3 is 19.7 Å². The molecular weight excluding hydrogens is 370 g/mol. The van der Waals surface area contributed by atoms with E-state index in [0.29, 0.717) is 45.1 Å². The van der Waals surface area contributed by atoms with Crippen molar-refractivity contribution in [2.45, 2.75) is 6.92 Å². The molecule has 1 N–H and O–H groups in total. The van der Waals surface area contributed by atoms with Crippen LogP contribution >= 0.6 is 0 Å². The molecular formula is C22H27N3O4. The Kier molecular flexibility index (Phi) is 7.47. The van der Waals surface area contributed by atoms with Gasteiger partial charge in [0.25, 0.3) is 5.91 Å². The number of amides is 2. The number of hydrogen-bond acceptors (Lipinski definition) is 5. The third-order valence-electron chi connectivity index (χ3n) is 4.65. The summed E-state index contributed by atoms with van der Waals surface area (Å²) in [6, 6.07) is 16.6. The van der Waals surface area contributed by atoms with Gasteiger partial charge in [-0.25, -0.2) is 0 Å². The largest absolute Gasteiger partial charge is 0.494 e. The van der Waals surface area contributed by atoms with Crippen molar-refractivity contribution in [3.05, 3.63) is 54.6 Å². The van der Waals surface area contributed by atoms with Crippen molar-refractivity contribution >= 4 is 17.5 Å². The van der Waals surface area contributed by atoms with E-state index in [2.05, 4.69) is 10.2 Å². The van der Waals surface area contributed by atoms with Crippen LogP contribution in [0.2, 0.25) is 0 Å². The van der Waals surface area contributed by atoms with E-state index in [4.69, 9.17) is 9.47 Å². The molecule has 1 fully saturated rings. The van der Waals surface area contributed by atoms with Crippen molar-refractivity contribution in [1.29, 1.82) is 0 Å². The minimum Gasteiger partial charge on any atom is -0.494 e. The fraction of sp³-hybridized carbons (Fsp3) is 0.364. The maximum absolute atomic E-state index is 12.4. The maximum Gasteiger partial charge on any atom is 0.260 e. The van der Waals surface area contributed by atoms with Crippen LogP contribution in [0.5, 0.6) is 11.5 Å². The molecule has 29 heavy (non-hydrogen) atoms. The highest BCUT2D eigenvalue weighted by atomic mass is 16.5. The Balaban J connectivity index is 1.37. The lowest BCUT2D eigenvalue weighted by Crippen LogP contribution is -2.51. The lowest BCUT2D eigenvalue weighted by atomic mass is 10.3.